The largest absolute Gasteiger partial charge is 0.398 e. The van der Waals surface area contributed by atoms with Gasteiger partial charge in [0.05, 0.1) is 12.7 Å². The van der Waals surface area contributed by atoms with E-state index >= 15 is 0 Å². The van der Waals surface area contributed by atoms with E-state index < -0.39 is 0 Å². The van der Waals surface area contributed by atoms with E-state index in [2.05, 4.69) is 21.2 Å². The van der Waals surface area contributed by atoms with Crippen molar-refractivity contribution in [1.29, 1.82) is 0 Å². The number of nitrogens with one attached hydrogen (secondary N) is 1. The van der Waals surface area contributed by atoms with E-state index in [0.717, 1.165) is 30.3 Å². The van der Waals surface area contributed by atoms with Crippen molar-refractivity contribution in [3.8, 4) is 0 Å². The third-order valence-corrected chi connectivity index (χ3v) is 4.03. The Morgan fingerprint density at radius 2 is 2.38 bits per heavy atom. The number of carbonyl (C=O) groups is 1. The van der Waals surface area contributed by atoms with Crippen LogP contribution in [0.1, 0.15) is 29.6 Å². The maximum atomic E-state index is 11.9. The lowest BCUT2D eigenvalue weighted by Gasteiger charge is -2.10. The van der Waals surface area contributed by atoms with Crippen LogP contribution < -0.4 is 11.1 Å². The minimum atomic E-state index is -0.102. The van der Waals surface area contributed by atoms with Crippen LogP contribution in [0.15, 0.2) is 22.7 Å². The molecule has 116 valence electrons. The van der Waals surface area contributed by atoms with Crippen LogP contribution >= 0.6 is 15.9 Å². The van der Waals surface area contributed by atoms with Crippen LogP contribution in [-0.2, 0) is 9.47 Å². The highest BCUT2D eigenvalue weighted by Crippen LogP contribution is 2.20. The summed E-state index contributed by atoms with van der Waals surface area (Å²) in [6.07, 6.45) is 3.25. The van der Waals surface area contributed by atoms with Gasteiger partial charge in [0.25, 0.3) is 5.91 Å². The molecule has 0 radical (unpaired) electrons. The molecule has 0 saturated carbocycles. The Labute approximate surface area is 133 Å². The first-order valence-corrected chi connectivity index (χ1v) is 7.98. The van der Waals surface area contributed by atoms with E-state index in [1.165, 1.54) is 0 Å². The molecule has 1 aromatic rings. The van der Waals surface area contributed by atoms with Crippen molar-refractivity contribution in [2.75, 3.05) is 32.1 Å². The predicted octanol–water partition coefficient (Wildman–Crippen LogP) is 2.35. The van der Waals surface area contributed by atoms with E-state index in [1.54, 1.807) is 18.2 Å². The molecule has 1 aliphatic rings. The lowest BCUT2D eigenvalue weighted by atomic mass is 10.2. The number of anilines is 1. The number of amides is 1. The number of nitrogens with two attached hydrogens (primary N) is 1. The summed E-state index contributed by atoms with van der Waals surface area (Å²) in [6.45, 7) is 2.72. The topological polar surface area (TPSA) is 73.6 Å². The van der Waals surface area contributed by atoms with Crippen molar-refractivity contribution in [3.05, 3.63) is 28.2 Å². The molecule has 5 nitrogen and oxygen atoms in total. The second kappa shape index (κ2) is 8.36. The van der Waals surface area contributed by atoms with Gasteiger partial charge in [0.1, 0.15) is 0 Å². The summed E-state index contributed by atoms with van der Waals surface area (Å²) >= 11 is 3.31. The van der Waals surface area contributed by atoms with Crippen LogP contribution in [0.3, 0.4) is 0 Å². The first kappa shape index (κ1) is 16.3. The maximum Gasteiger partial charge on any atom is 0.251 e. The van der Waals surface area contributed by atoms with Gasteiger partial charge in [0.15, 0.2) is 0 Å². The fraction of sp³-hybridized carbons (Fsp3) is 0.533. The van der Waals surface area contributed by atoms with Crippen LogP contribution in [0, 0.1) is 0 Å². The highest BCUT2D eigenvalue weighted by molar-refractivity contribution is 9.10. The number of hydrogen-bond donors (Lipinski definition) is 2. The summed E-state index contributed by atoms with van der Waals surface area (Å²) in [4.78, 5) is 11.9. The molecular formula is C15H21BrN2O3. The second-order valence-electron chi connectivity index (χ2n) is 5.06. The third-order valence-electron chi connectivity index (χ3n) is 3.34. The number of carbonyl (C=O) groups excluding carboxylic acids is 1. The number of rotatable bonds is 7. The molecule has 0 bridgehead atoms. The number of halogens is 1. The maximum absolute atomic E-state index is 11.9. The fourth-order valence-corrected chi connectivity index (χ4v) is 2.52. The molecule has 1 saturated heterocycles. The summed E-state index contributed by atoms with van der Waals surface area (Å²) in [5.74, 6) is -0.102. The molecule has 1 heterocycles. The van der Waals surface area contributed by atoms with Crippen molar-refractivity contribution < 1.29 is 14.3 Å². The molecule has 1 aliphatic heterocycles. The quantitative estimate of drug-likeness (QED) is 0.580. The van der Waals surface area contributed by atoms with Gasteiger partial charge in [-0.05, 0) is 53.4 Å². The molecular weight excluding hydrogens is 336 g/mol. The minimum absolute atomic E-state index is 0.102. The number of ether oxygens (including phenoxy) is 2. The molecule has 2 rings (SSSR count). The molecule has 6 heteroatoms. The van der Waals surface area contributed by atoms with Gasteiger partial charge in [-0.25, -0.2) is 0 Å². The Morgan fingerprint density at radius 1 is 1.52 bits per heavy atom. The number of hydrogen-bond acceptors (Lipinski definition) is 4. The molecule has 21 heavy (non-hydrogen) atoms. The molecule has 1 fully saturated rings. The molecule has 1 aromatic carbocycles. The number of benzene rings is 1. The lowest BCUT2D eigenvalue weighted by Crippen LogP contribution is -2.25. The molecule has 1 amide bonds. The molecule has 1 unspecified atom stereocenters. The van der Waals surface area contributed by atoms with Crippen LogP contribution in [0.5, 0.6) is 0 Å². The van der Waals surface area contributed by atoms with Crippen LogP contribution in [0.2, 0.25) is 0 Å². The molecule has 0 spiro atoms. The Bertz CT molecular complexity index is 476. The summed E-state index contributed by atoms with van der Waals surface area (Å²) in [5.41, 5.74) is 6.90. The normalized spacial score (nSPS) is 17.9. The van der Waals surface area contributed by atoms with E-state index in [4.69, 9.17) is 15.2 Å². The van der Waals surface area contributed by atoms with Crippen LogP contribution in [-0.4, -0.2) is 38.4 Å². The Kier molecular flexibility index (Phi) is 6.48. The highest BCUT2D eigenvalue weighted by atomic mass is 79.9. The van der Waals surface area contributed by atoms with E-state index in [0.29, 0.717) is 31.0 Å². The van der Waals surface area contributed by atoms with Crippen molar-refractivity contribution >= 4 is 27.5 Å². The fourth-order valence-electron chi connectivity index (χ4n) is 2.14. The Hall–Kier alpha value is -1.11. The first-order valence-electron chi connectivity index (χ1n) is 7.19. The van der Waals surface area contributed by atoms with E-state index in [1.807, 2.05) is 0 Å². The zero-order chi connectivity index (χ0) is 15.1. The van der Waals surface area contributed by atoms with Crippen molar-refractivity contribution in [2.24, 2.45) is 0 Å². The molecule has 1 atom stereocenters. The van der Waals surface area contributed by atoms with Gasteiger partial charge in [-0.15, -0.1) is 0 Å². The zero-order valence-electron chi connectivity index (χ0n) is 11.9. The predicted molar refractivity (Wildman–Crippen MR) is 85.3 cm³/mol. The highest BCUT2D eigenvalue weighted by Gasteiger charge is 2.15. The Morgan fingerprint density at radius 3 is 3.10 bits per heavy atom. The van der Waals surface area contributed by atoms with Gasteiger partial charge >= 0.3 is 0 Å². The van der Waals surface area contributed by atoms with Gasteiger partial charge in [-0.1, -0.05) is 0 Å². The standard InChI is InChI=1S/C15H21BrN2O3/c16-13-9-11(4-5-14(13)17)15(19)18-6-2-7-20-10-12-3-1-8-21-12/h4-5,9,12H,1-3,6-8,10,17H2,(H,18,19). The van der Waals surface area contributed by atoms with Crippen LogP contribution in [0.25, 0.3) is 0 Å². The molecule has 3 N–H and O–H groups in total. The van der Waals surface area contributed by atoms with Crippen molar-refractivity contribution in [1.82, 2.24) is 5.32 Å². The summed E-state index contributed by atoms with van der Waals surface area (Å²) in [7, 11) is 0. The number of nitrogen functional groups attached to an aromatic ring is 1. The smallest absolute Gasteiger partial charge is 0.251 e. The summed E-state index contributed by atoms with van der Waals surface area (Å²) in [5, 5.41) is 2.86. The second-order valence-corrected chi connectivity index (χ2v) is 5.91. The Balaban J connectivity index is 1.59. The van der Waals surface area contributed by atoms with Crippen LogP contribution in [0.4, 0.5) is 5.69 Å². The van der Waals surface area contributed by atoms with Gasteiger partial charge in [0.2, 0.25) is 0 Å². The first-order chi connectivity index (χ1) is 10.2. The van der Waals surface area contributed by atoms with E-state index in [9.17, 15) is 4.79 Å². The van der Waals surface area contributed by atoms with Gasteiger partial charge < -0.3 is 20.5 Å². The molecule has 0 aromatic heterocycles. The molecule has 0 aliphatic carbocycles. The van der Waals surface area contributed by atoms with E-state index in [-0.39, 0.29) is 12.0 Å². The van der Waals surface area contributed by atoms with Gasteiger partial charge in [-0.3, -0.25) is 4.79 Å². The lowest BCUT2D eigenvalue weighted by molar-refractivity contribution is 0.0166. The summed E-state index contributed by atoms with van der Waals surface area (Å²) in [6, 6.07) is 5.14. The summed E-state index contributed by atoms with van der Waals surface area (Å²) < 4.78 is 11.7. The monoisotopic (exact) mass is 356 g/mol. The SMILES string of the molecule is Nc1ccc(C(=O)NCCCOCC2CCCO2)cc1Br. The third kappa shape index (κ3) is 5.30. The van der Waals surface area contributed by atoms with Crippen molar-refractivity contribution in [3.63, 3.8) is 0 Å². The van der Waals surface area contributed by atoms with Gasteiger partial charge in [0, 0.05) is 35.5 Å². The zero-order valence-corrected chi connectivity index (χ0v) is 13.5. The van der Waals surface area contributed by atoms with Crippen molar-refractivity contribution in [2.45, 2.75) is 25.4 Å². The average molecular weight is 357 g/mol. The minimum Gasteiger partial charge on any atom is -0.398 e. The average Bonchev–Trinajstić information content (AvgIpc) is 2.98. The van der Waals surface area contributed by atoms with Gasteiger partial charge in [-0.2, -0.15) is 0 Å².